The molecule has 3 aromatic rings. The Kier molecular flexibility index (Phi) is 4.83. The van der Waals surface area contributed by atoms with Crippen LogP contribution in [0.25, 0.3) is 11.4 Å². The third-order valence-corrected chi connectivity index (χ3v) is 4.74. The number of carbonyl (C=O) groups excluding carboxylic acids is 1. The second-order valence-electron chi connectivity index (χ2n) is 7.92. The van der Waals surface area contributed by atoms with Crippen molar-refractivity contribution in [2.24, 2.45) is 5.73 Å². The molecule has 1 amide bonds. The minimum atomic E-state index is -0.456. The number of carbonyl (C=O) groups is 1. The lowest BCUT2D eigenvalue weighted by Gasteiger charge is -2.22. The summed E-state index contributed by atoms with van der Waals surface area (Å²) in [6.45, 7) is 11.5. The molecule has 0 unspecified atom stereocenters. The Morgan fingerprint density at radius 1 is 1.07 bits per heavy atom. The molecule has 2 N–H and O–H groups in total. The summed E-state index contributed by atoms with van der Waals surface area (Å²) in [7, 11) is 0. The number of hydrogen-bond donors (Lipinski definition) is 1. The number of hydrogen-bond acceptors (Lipinski definition) is 4. The van der Waals surface area contributed by atoms with Gasteiger partial charge in [0.2, 0.25) is 11.7 Å². The Balaban J connectivity index is 1.85. The van der Waals surface area contributed by atoms with Crippen LogP contribution < -0.4 is 5.73 Å². The van der Waals surface area contributed by atoms with Gasteiger partial charge < -0.3 is 5.73 Å². The van der Waals surface area contributed by atoms with Crippen LogP contribution in [0.5, 0.6) is 0 Å². The molecule has 27 heavy (non-hydrogen) atoms. The smallest absolute Gasteiger partial charge is 0.248 e. The van der Waals surface area contributed by atoms with Gasteiger partial charge in [0, 0.05) is 11.1 Å². The molecule has 0 saturated carbocycles. The predicted molar refractivity (Wildman–Crippen MR) is 105 cm³/mol. The maximum atomic E-state index is 11.2. The highest BCUT2D eigenvalue weighted by molar-refractivity contribution is 5.93. The molecular formula is C21H25N5O. The summed E-state index contributed by atoms with van der Waals surface area (Å²) in [4.78, 5) is 12.8. The molecule has 0 aliphatic rings. The van der Waals surface area contributed by atoms with Crippen molar-refractivity contribution in [1.29, 1.82) is 0 Å². The summed E-state index contributed by atoms with van der Waals surface area (Å²) in [5.41, 5.74) is 11.6. The number of tetrazole rings is 1. The number of amides is 1. The van der Waals surface area contributed by atoms with Gasteiger partial charge in [-0.05, 0) is 58.9 Å². The molecule has 0 radical (unpaired) electrons. The van der Waals surface area contributed by atoms with E-state index in [9.17, 15) is 4.79 Å². The van der Waals surface area contributed by atoms with Crippen LogP contribution in [0, 0.1) is 13.8 Å². The monoisotopic (exact) mass is 363 g/mol. The van der Waals surface area contributed by atoms with Gasteiger partial charge in [-0.3, -0.25) is 4.79 Å². The Labute approximate surface area is 159 Å². The minimum Gasteiger partial charge on any atom is -0.366 e. The van der Waals surface area contributed by atoms with E-state index in [1.54, 1.807) is 29.1 Å². The quantitative estimate of drug-likeness (QED) is 0.769. The van der Waals surface area contributed by atoms with E-state index >= 15 is 0 Å². The van der Waals surface area contributed by atoms with Crippen LogP contribution in [-0.2, 0) is 12.0 Å². The van der Waals surface area contributed by atoms with Gasteiger partial charge in [-0.15, -0.1) is 10.2 Å². The molecule has 0 aliphatic carbocycles. The van der Waals surface area contributed by atoms with Crippen molar-refractivity contribution in [1.82, 2.24) is 20.2 Å². The summed E-state index contributed by atoms with van der Waals surface area (Å²) in [5.74, 6) is 0.0652. The zero-order valence-corrected chi connectivity index (χ0v) is 16.4. The molecule has 1 aromatic heterocycles. The normalized spacial score (nSPS) is 11.6. The average Bonchev–Trinajstić information content (AvgIpc) is 3.06. The first kappa shape index (κ1) is 18.8. The third-order valence-electron chi connectivity index (χ3n) is 4.74. The fraction of sp³-hybridized carbons (Fsp3) is 0.333. The van der Waals surface area contributed by atoms with E-state index in [0.29, 0.717) is 17.9 Å². The summed E-state index contributed by atoms with van der Waals surface area (Å²) < 4.78 is 0. The van der Waals surface area contributed by atoms with Gasteiger partial charge in [-0.1, -0.05) is 45.0 Å². The second kappa shape index (κ2) is 6.95. The standard InChI is InChI=1S/C21H25N5O/c1-13-10-17(21(3,4)5)11-14(2)18(13)12-26-24-20(23-25-26)16-8-6-15(7-9-16)19(22)27/h6-11H,12H2,1-5H3,(H2,22,27). The molecule has 6 heteroatoms. The lowest BCUT2D eigenvalue weighted by Crippen LogP contribution is -2.14. The first-order chi connectivity index (χ1) is 12.6. The van der Waals surface area contributed by atoms with Crippen molar-refractivity contribution in [3.8, 4) is 11.4 Å². The van der Waals surface area contributed by atoms with Crippen molar-refractivity contribution >= 4 is 5.91 Å². The number of aryl methyl sites for hydroxylation is 2. The molecule has 1 heterocycles. The summed E-state index contributed by atoms with van der Waals surface area (Å²) >= 11 is 0. The highest BCUT2D eigenvalue weighted by atomic mass is 16.1. The van der Waals surface area contributed by atoms with Crippen LogP contribution in [0.3, 0.4) is 0 Å². The lowest BCUT2D eigenvalue weighted by atomic mass is 9.84. The molecule has 2 aromatic carbocycles. The van der Waals surface area contributed by atoms with Crippen molar-refractivity contribution in [2.75, 3.05) is 0 Å². The molecular weight excluding hydrogens is 338 g/mol. The molecule has 0 bridgehead atoms. The highest BCUT2D eigenvalue weighted by Gasteiger charge is 2.17. The Morgan fingerprint density at radius 2 is 1.67 bits per heavy atom. The van der Waals surface area contributed by atoms with E-state index in [2.05, 4.69) is 62.2 Å². The Hall–Kier alpha value is -3.02. The Morgan fingerprint density at radius 3 is 2.19 bits per heavy atom. The molecule has 140 valence electrons. The van der Waals surface area contributed by atoms with Gasteiger partial charge in [0.25, 0.3) is 0 Å². The maximum absolute atomic E-state index is 11.2. The second-order valence-corrected chi connectivity index (χ2v) is 7.92. The van der Waals surface area contributed by atoms with Crippen LogP contribution in [0.4, 0.5) is 0 Å². The first-order valence-electron chi connectivity index (χ1n) is 8.94. The van der Waals surface area contributed by atoms with E-state index < -0.39 is 5.91 Å². The van der Waals surface area contributed by atoms with Crippen molar-refractivity contribution in [3.05, 3.63) is 64.2 Å². The van der Waals surface area contributed by atoms with Crippen LogP contribution in [0.2, 0.25) is 0 Å². The minimum absolute atomic E-state index is 0.115. The van der Waals surface area contributed by atoms with E-state index in [4.69, 9.17) is 5.73 Å². The van der Waals surface area contributed by atoms with E-state index in [0.717, 1.165) is 5.56 Å². The third kappa shape index (κ3) is 4.05. The molecule has 0 fully saturated rings. The van der Waals surface area contributed by atoms with Crippen LogP contribution in [0.15, 0.2) is 36.4 Å². The van der Waals surface area contributed by atoms with Crippen molar-refractivity contribution < 1.29 is 4.79 Å². The van der Waals surface area contributed by atoms with Crippen LogP contribution in [0.1, 0.15) is 53.4 Å². The SMILES string of the molecule is Cc1cc(C(C)(C)C)cc(C)c1Cn1nnc(-c2ccc(C(N)=O)cc2)n1. The molecule has 0 saturated heterocycles. The molecule has 3 rings (SSSR count). The lowest BCUT2D eigenvalue weighted by molar-refractivity contribution is 0.100. The van der Waals surface area contributed by atoms with Gasteiger partial charge >= 0.3 is 0 Å². The van der Waals surface area contributed by atoms with Crippen LogP contribution >= 0.6 is 0 Å². The van der Waals surface area contributed by atoms with E-state index in [1.807, 2.05) is 0 Å². The molecule has 0 aliphatic heterocycles. The van der Waals surface area contributed by atoms with Crippen molar-refractivity contribution in [2.45, 2.75) is 46.6 Å². The molecule has 0 spiro atoms. The topological polar surface area (TPSA) is 86.7 Å². The summed E-state index contributed by atoms with van der Waals surface area (Å²) in [5, 5.41) is 12.8. The predicted octanol–water partition coefficient (Wildman–Crippen LogP) is 3.40. The number of benzene rings is 2. The maximum Gasteiger partial charge on any atom is 0.248 e. The first-order valence-corrected chi connectivity index (χ1v) is 8.94. The summed E-state index contributed by atoms with van der Waals surface area (Å²) in [6, 6.07) is 11.4. The zero-order valence-electron chi connectivity index (χ0n) is 16.4. The number of nitrogens with zero attached hydrogens (tertiary/aromatic N) is 4. The molecule has 0 atom stereocenters. The summed E-state index contributed by atoms with van der Waals surface area (Å²) in [6.07, 6.45) is 0. The van der Waals surface area contributed by atoms with Gasteiger partial charge in [0.05, 0.1) is 6.54 Å². The number of primary amides is 1. The fourth-order valence-corrected chi connectivity index (χ4v) is 3.03. The van der Waals surface area contributed by atoms with E-state index in [1.165, 1.54) is 22.3 Å². The van der Waals surface area contributed by atoms with Gasteiger partial charge in [0.1, 0.15) is 0 Å². The largest absolute Gasteiger partial charge is 0.366 e. The van der Waals surface area contributed by atoms with Gasteiger partial charge in [-0.2, -0.15) is 4.80 Å². The van der Waals surface area contributed by atoms with Crippen molar-refractivity contribution in [3.63, 3.8) is 0 Å². The Bertz CT molecular complexity index is 958. The highest BCUT2D eigenvalue weighted by Crippen LogP contribution is 2.27. The molecule has 6 nitrogen and oxygen atoms in total. The van der Waals surface area contributed by atoms with E-state index in [-0.39, 0.29) is 5.41 Å². The number of nitrogens with two attached hydrogens (primary N) is 1. The zero-order chi connectivity index (χ0) is 19.8. The average molecular weight is 363 g/mol. The number of aromatic nitrogens is 4. The number of rotatable bonds is 4. The van der Waals surface area contributed by atoms with Gasteiger partial charge in [0.15, 0.2) is 0 Å². The van der Waals surface area contributed by atoms with Crippen LogP contribution in [-0.4, -0.2) is 26.1 Å². The van der Waals surface area contributed by atoms with Gasteiger partial charge in [-0.25, -0.2) is 0 Å². The fourth-order valence-electron chi connectivity index (χ4n) is 3.03.